The van der Waals surface area contributed by atoms with Crippen LogP contribution in [-0.4, -0.2) is 37.0 Å². The molecule has 0 unspecified atom stereocenters. The molecule has 2 rings (SSSR count). The first kappa shape index (κ1) is 14.5. The lowest BCUT2D eigenvalue weighted by Gasteiger charge is -2.29. The Hall–Kier alpha value is -1.88. The molecular weight excluding hydrogens is 258 g/mol. The molecule has 0 N–H and O–H groups in total. The SMILES string of the molecule is COCCN1C(=O)C[C@H](C(=O)[O-])[C@H]1c1cccc(C)c1. The van der Waals surface area contributed by atoms with Crippen molar-refractivity contribution in [3.63, 3.8) is 0 Å². The summed E-state index contributed by atoms with van der Waals surface area (Å²) in [7, 11) is 1.55. The number of carboxylic acid groups (broad SMARTS) is 1. The van der Waals surface area contributed by atoms with E-state index in [0.29, 0.717) is 13.2 Å². The van der Waals surface area contributed by atoms with E-state index in [1.54, 1.807) is 12.0 Å². The van der Waals surface area contributed by atoms with Crippen molar-refractivity contribution in [2.75, 3.05) is 20.3 Å². The Balaban J connectivity index is 2.35. The Labute approximate surface area is 118 Å². The number of aryl methyl sites for hydroxylation is 1. The molecule has 1 aromatic rings. The zero-order valence-electron chi connectivity index (χ0n) is 11.7. The van der Waals surface area contributed by atoms with Gasteiger partial charge in [0, 0.05) is 32.0 Å². The topological polar surface area (TPSA) is 69.7 Å². The smallest absolute Gasteiger partial charge is 0.223 e. The molecule has 0 bridgehead atoms. The van der Waals surface area contributed by atoms with E-state index in [0.717, 1.165) is 11.1 Å². The van der Waals surface area contributed by atoms with Gasteiger partial charge in [-0.3, -0.25) is 4.79 Å². The molecule has 0 saturated carbocycles. The van der Waals surface area contributed by atoms with Crippen LogP contribution in [0.5, 0.6) is 0 Å². The molecule has 5 nitrogen and oxygen atoms in total. The minimum absolute atomic E-state index is 0.00927. The van der Waals surface area contributed by atoms with Crippen LogP contribution in [0, 0.1) is 12.8 Å². The fraction of sp³-hybridized carbons (Fsp3) is 0.467. The molecule has 0 spiro atoms. The zero-order valence-corrected chi connectivity index (χ0v) is 11.7. The molecule has 1 heterocycles. The molecule has 5 heteroatoms. The largest absolute Gasteiger partial charge is 0.550 e. The van der Waals surface area contributed by atoms with Crippen LogP contribution in [0.25, 0.3) is 0 Å². The normalized spacial score (nSPS) is 22.3. The van der Waals surface area contributed by atoms with Crippen molar-refractivity contribution in [1.29, 1.82) is 0 Å². The van der Waals surface area contributed by atoms with Gasteiger partial charge in [0.15, 0.2) is 0 Å². The maximum absolute atomic E-state index is 12.0. The Bertz CT molecular complexity index is 514. The van der Waals surface area contributed by atoms with E-state index >= 15 is 0 Å². The quantitative estimate of drug-likeness (QED) is 0.774. The summed E-state index contributed by atoms with van der Waals surface area (Å²) >= 11 is 0. The van der Waals surface area contributed by atoms with Gasteiger partial charge < -0.3 is 19.5 Å². The number of methoxy groups -OCH3 is 1. The number of hydrogen-bond acceptors (Lipinski definition) is 4. The number of nitrogens with zero attached hydrogens (tertiary/aromatic N) is 1. The van der Waals surface area contributed by atoms with Crippen LogP contribution in [0.1, 0.15) is 23.6 Å². The van der Waals surface area contributed by atoms with E-state index in [1.807, 2.05) is 31.2 Å². The van der Waals surface area contributed by atoms with Crippen LogP contribution in [0.15, 0.2) is 24.3 Å². The standard InChI is InChI=1S/C15H19NO4/c1-10-4-3-5-11(8-10)14-12(15(18)19)9-13(17)16(14)6-7-20-2/h3-5,8,12,14H,6-7,9H2,1-2H3,(H,18,19)/p-1/t12-,14+/m0/s1. The Morgan fingerprint density at radius 1 is 1.50 bits per heavy atom. The zero-order chi connectivity index (χ0) is 14.7. The van der Waals surface area contributed by atoms with E-state index in [1.165, 1.54) is 0 Å². The first-order valence-corrected chi connectivity index (χ1v) is 6.60. The summed E-state index contributed by atoms with van der Waals surface area (Å²) in [5.74, 6) is -2.14. The fourth-order valence-corrected chi connectivity index (χ4v) is 2.72. The van der Waals surface area contributed by atoms with Gasteiger partial charge in [-0.25, -0.2) is 0 Å². The lowest BCUT2D eigenvalue weighted by Crippen LogP contribution is -2.37. The van der Waals surface area contributed by atoms with Gasteiger partial charge in [0.2, 0.25) is 5.91 Å². The number of carboxylic acids is 1. The van der Waals surface area contributed by atoms with E-state index in [2.05, 4.69) is 0 Å². The third-order valence-electron chi connectivity index (χ3n) is 3.65. The maximum atomic E-state index is 12.0. The van der Waals surface area contributed by atoms with Crippen molar-refractivity contribution < 1.29 is 19.4 Å². The lowest BCUT2D eigenvalue weighted by molar-refractivity contribution is -0.312. The molecule has 0 radical (unpaired) electrons. The Morgan fingerprint density at radius 3 is 2.85 bits per heavy atom. The Morgan fingerprint density at radius 2 is 2.25 bits per heavy atom. The summed E-state index contributed by atoms with van der Waals surface area (Å²) in [5.41, 5.74) is 1.87. The second-order valence-corrected chi connectivity index (χ2v) is 5.07. The van der Waals surface area contributed by atoms with E-state index in [4.69, 9.17) is 4.74 Å². The minimum atomic E-state index is -1.18. The maximum Gasteiger partial charge on any atom is 0.223 e. The van der Waals surface area contributed by atoms with Crippen LogP contribution < -0.4 is 5.11 Å². The number of likely N-dealkylation sites (tertiary alicyclic amines) is 1. The van der Waals surface area contributed by atoms with Crippen LogP contribution in [0.4, 0.5) is 0 Å². The number of carbonyl (C=O) groups excluding carboxylic acids is 2. The van der Waals surface area contributed by atoms with Gasteiger partial charge >= 0.3 is 0 Å². The highest BCUT2D eigenvalue weighted by molar-refractivity contribution is 5.86. The molecular formula is C15H18NO4-. The van der Waals surface area contributed by atoms with Gasteiger partial charge in [0.25, 0.3) is 0 Å². The van der Waals surface area contributed by atoms with Crippen LogP contribution >= 0.6 is 0 Å². The van der Waals surface area contributed by atoms with Gasteiger partial charge in [-0.15, -0.1) is 0 Å². The summed E-state index contributed by atoms with van der Waals surface area (Å²) in [5, 5.41) is 11.3. The number of aliphatic carboxylic acids is 1. The molecule has 0 aliphatic carbocycles. The van der Waals surface area contributed by atoms with Gasteiger partial charge in [-0.05, 0) is 12.5 Å². The number of rotatable bonds is 5. The highest BCUT2D eigenvalue weighted by Crippen LogP contribution is 2.37. The van der Waals surface area contributed by atoms with Crippen molar-refractivity contribution in [3.8, 4) is 0 Å². The highest BCUT2D eigenvalue weighted by atomic mass is 16.5. The first-order valence-electron chi connectivity index (χ1n) is 6.60. The summed E-state index contributed by atoms with van der Waals surface area (Å²) in [6, 6.07) is 7.11. The minimum Gasteiger partial charge on any atom is -0.550 e. The number of hydrogen-bond donors (Lipinski definition) is 0. The molecule has 0 aromatic heterocycles. The molecule has 1 aromatic carbocycles. The first-order chi connectivity index (χ1) is 9.54. The summed E-state index contributed by atoms with van der Waals surface area (Å²) in [4.78, 5) is 24.9. The van der Waals surface area contributed by atoms with Gasteiger partial charge in [0.05, 0.1) is 12.6 Å². The molecule has 20 heavy (non-hydrogen) atoms. The van der Waals surface area contributed by atoms with Crippen molar-refractivity contribution >= 4 is 11.9 Å². The monoisotopic (exact) mass is 276 g/mol. The van der Waals surface area contributed by atoms with Crippen molar-refractivity contribution in [2.24, 2.45) is 5.92 Å². The van der Waals surface area contributed by atoms with E-state index in [9.17, 15) is 14.7 Å². The summed E-state index contributed by atoms with van der Waals surface area (Å²) in [6.07, 6.45) is -0.00927. The molecule has 1 saturated heterocycles. The molecule has 108 valence electrons. The third kappa shape index (κ3) is 2.82. The molecule has 1 aliphatic heterocycles. The van der Waals surface area contributed by atoms with Crippen molar-refractivity contribution in [3.05, 3.63) is 35.4 Å². The molecule has 2 atom stereocenters. The van der Waals surface area contributed by atoms with Crippen LogP contribution in [0.2, 0.25) is 0 Å². The van der Waals surface area contributed by atoms with Gasteiger partial charge in [-0.1, -0.05) is 29.8 Å². The number of benzene rings is 1. The fourth-order valence-electron chi connectivity index (χ4n) is 2.72. The average molecular weight is 276 g/mol. The van der Waals surface area contributed by atoms with Crippen LogP contribution in [0.3, 0.4) is 0 Å². The predicted octanol–water partition coefficient (Wildman–Crippen LogP) is 0.281. The second-order valence-electron chi connectivity index (χ2n) is 5.07. The summed E-state index contributed by atoms with van der Waals surface area (Å²) < 4.78 is 5.00. The van der Waals surface area contributed by atoms with Crippen molar-refractivity contribution in [1.82, 2.24) is 4.90 Å². The van der Waals surface area contributed by atoms with Gasteiger partial charge in [0.1, 0.15) is 0 Å². The number of amides is 1. The molecule has 1 fully saturated rings. The highest BCUT2D eigenvalue weighted by Gasteiger charge is 2.41. The van der Waals surface area contributed by atoms with Crippen LogP contribution in [-0.2, 0) is 14.3 Å². The Kier molecular flexibility index (Phi) is 4.39. The summed E-state index contributed by atoms with van der Waals surface area (Å²) in [6.45, 7) is 2.71. The third-order valence-corrected chi connectivity index (χ3v) is 3.65. The molecule has 1 aliphatic rings. The number of ether oxygens (including phenoxy) is 1. The number of carbonyl (C=O) groups is 2. The molecule has 1 amide bonds. The average Bonchev–Trinajstić information content (AvgIpc) is 2.73. The predicted molar refractivity (Wildman–Crippen MR) is 70.6 cm³/mol. The van der Waals surface area contributed by atoms with Crippen molar-refractivity contribution in [2.45, 2.75) is 19.4 Å². The second kappa shape index (κ2) is 6.05. The van der Waals surface area contributed by atoms with E-state index < -0.39 is 17.9 Å². The van der Waals surface area contributed by atoms with E-state index in [-0.39, 0.29) is 12.3 Å². The lowest BCUT2D eigenvalue weighted by atomic mass is 9.93. The van der Waals surface area contributed by atoms with Gasteiger partial charge in [-0.2, -0.15) is 0 Å².